The van der Waals surface area contributed by atoms with Crippen LogP contribution in [0.15, 0.2) is 52.0 Å². The average Bonchev–Trinajstić information content (AvgIpc) is 3.18. The van der Waals surface area contributed by atoms with Crippen LogP contribution in [0.2, 0.25) is 0 Å². The van der Waals surface area contributed by atoms with Crippen LogP contribution in [0.25, 0.3) is 11.0 Å². The van der Waals surface area contributed by atoms with Crippen molar-refractivity contribution in [2.24, 2.45) is 0 Å². The predicted molar refractivity (Wildman–Crippen MR) is 110 cm³/mol. The maximum Gasteiger partial charge on any atom is 0.416 e. The normalized spacial score (nSPS) is 15.9. The fraction of sp³-hybridized carbons (Fsp3) is 0.333. The van der Waals surface area contributed by atoms with E-state index in [1.165, 1.54) is 31.4 Å². The number of fused-ring (bicyclic) bond motifs is 1. The second-order valence-electron chi connectivity index (χ2n) is 7.46. The Hall–Kier alpha value is -2.72. The molecule has 166 valence electrons. The van der Waals surface area contributed by atoms with Crippen molar-refractivity contribution in [2.75, 3.05) is 17.8 Å². The number of hydrogen-bond acceptors (Lipinski definition) is 5. The smallest absolute Gasteiger partial charge is 0.416 e. The number of anilines is 1. The van der Waals surface area contributed by atoms with Crippen LogP contribution in [-0.4, -0.2) is 27.6 Å². The zero-order valence-corrected chi connectivity index (χ0v) is 17.4. The molecule has 31 heavy (non-hydrogen) atoms. The Balaban J connectivity index is 1.69. The number of alkyl halides is 3. The monoisotopic (exact) mass is 454 g/mol. The number of sulfonamides is 1. The third-order valence-corrected chi connectivity index (χ3v) is 6.53. The number of piperidine rings is 1. The Kier molecular flexibility index (Phi) is 5.61. The van der Waals surface area contributed by atoms with Crippen LogP contribution in [0.5, 0.6) is 5.75 Å². The second kappa shape index (κ2) is 8.08. The molecule has 0 unspecified atom stereocenters. The van der Waals surface area contributed by atoms with Crippen LogP contribution in [0.1, 0.15) is 24.0 Å². The van der Waals surface area contributed by atoms with Gasteiger partial charge >= 0.3 is 6.18 Å². The molecule has 0 spiro atoms. The molecule has 0 radical (unpaired) electrons. The van der Waals surface area contributed by atoms with E-state index >= 15 is 0 Å². The van der Waals surface area contributed by atoms with E-state index < -0.39 is 21.8 Å². The van der Waals surface area contributed by atoms with Gasteiger partial charge in [0, 0.05) is 11.5 Å². The van der Waals surface area contributed by atoms with Crippen molar-refractivity contribution in [1.82, 2.24) is 5.32 Å². The Morgan fingerprint density at radius 3 is 2.58 bits per heavy atom. The summed E-state index contributed by atoms with van der Waals surface area (Å²) in [6, 6.07) is 7.29. The standard InChI is InChI=1S/C21H21F3N2O4S/c1-13-2-3-15(21(22,23)24)11-18(13)26-31(27,28)17-10-14-6-9-29-20(14)19(12-17)30-16-4-7-25-8-5-16/h2-3,6,9-12,16,25-26H,4-5,7-8H2,1H3. The van der Waals surface area contributed by atoms with Crippen molar-refractivity contribution in [2.45, 2.75) is 36.9 Å². The number of rotatable bonds is 5. The molecule has 2 N–H and O–H groups in total. The van der Waals surface area contributed by atoms with Gasteiger partial charge in [-0.2, -0.15) is 13.2 Å². The summed E-state index contributed by atoms with van der Waals surface area (Å²) in [5.41, 5.74) is -0.279. The first-order valence-electron chi connectivity index (χ1n) is 9.73. The van der Waals surface area contributed by atoms with Crippen LogP contribution in [0.3, 0.4) is 0 Å². The first-order valence-corrected chi connectivity index (χ1v) is 11.2. The molecule has 0 aliphatic carbocycles. The number of ether oxygens (including phenoxy) is 1. The fourth-order valence-corrected chi connectivity index (χ4v) is 4.64. The van der Waals surface area contributed by atoms with Crippen molar-refractivity contribution < 1.29 is 30.7 Å². The Bertz CT molecular complexity index is 1200. The van der Waals surface area contributed by atoms with Crippen LogP contribution in [0, 0.1) is 6.92 Å². The molecule has 1 aliphatic heterocycles. The molecular formula is C21H21F3N2O4S. The number of hydrogen-bond donors (Lipinski definition) is 2. The number of furan rings is 1. The maximum absolute atomic E-state index is 13.1. The van der Waals surface area contributed by atoms with E-state index in [9.17, 15) is 21.6 Å². The molecule has 0 saturated carbocycles. The van der Waals surface area contributed by atoms with E-state index in [4.69, 9.17) is 9.15 Å². The van der Waals surface area contributed by atoms with Crippen LogP contribution in [-0.2, 0) is 16.2 Å². The molecule has 4 rings (SSSR count). The van der Waals surface area contributed by atoms with Gasteiger partial charge in [0.15, 0.2) is 11.3 Å². The number of benzene rings is 2. The van der Waals surface area contributed by atoms with Gasteiger partial charge in [-0.1, -0.05) is 6.07 Å². The molecule has 1 aromatic heterocycles. The topological polar surface area (TPSA) is 80.6 Å². The van der Waals surface area contributed by atoms with Gasteiger partial charge in [-0.3, -0.25) is 4.72 Å². The summed E-state index contributed by atoms with van der Waals surface area (Å²) < 4.78 is 79.0. The van der Waals surface area contributed by atoms with Crippen molar-refractivity contribution in [3.8, 4) is 5.75 Å². The van der Waals surface area contributed by atoms with Crippen molar-refractivity contribution >= 4 is 26.7 Å². The molecule has 10 heteroatoms. The van der Waals surface area contributed by atoms with E-state index in [2.05, 4.69) is 10.0 Å². The first kappa shape index (κ1) is 21.5. The van der Waals surface area contributed by atoms with E-state index in [1.54, 1.807) is 6.07 Å². The lowest BCUT2D eigenvalue weighted by Gasteiger charge is -2.24. The summed E-state index contributed by atoms with van der Waals surface area (Å²) in [4.78, 5) is -0.123. The minimum Gasteiger partial charge on any atom is -0.486 e. The zero-order valence-electron chi connectivity index (χ0n) is 16.6. The van der Waals surface area contributed by atoms with Crippen LogP contribution >= 0.6 is 0 Å². The molecule has 0 amide bonds. The lowest BCUT2D eigenvalue weighted by atomic mass is 10.1. The molecule has 3 aromatic rings. The third-order valence-electron chi connectivity index (χ3n) is 5.19. The highest BCUT2D eigenvalue weighted by atomic mass is 32.2. The predicted octanol–water partition coefficient (Wildman–Crippen LogP) is 4.69. The Morgan fingerprint density at radius 1 is 1.13 bits per heavy atom. The molecule has 1 fully saturated rings. The minimum atomic E-state index is -4.58. The average molecular weight is 454 g/mol. The summed E-state index contributed by atoms with van der Waals surface area (Å²) in [6.07, 6.45) is -1.71. The van der Waals surface area contributed by atoms with E-state index in [-0.39, 0.29) is 22.4 Å². The molecular weight excluding hydrogens is 433 g/mol. The van der Waals surface area contributed by atoms with Gasteiger partial charge in [-0.05, 0) is 62.7 Å². The van der Waals surface area contributed by atoms with Gasteiger partial charge in [0.25, 0.3) is 10.0 Å². The maximum atomic E-state index is 13.1. The van der Waals surface area contributed by atoms with E-state index in [0.29, 0.717) is 16.5 Å². The van der Waals surface area contributed by atoms with Crippen molar-refractivity contribution in [1.29, 1.82) is 0 Å². The summed E-state index contributed by atoms with van der Waals surface area (Å²) in [5.74, 6) is 0.288. The minimum absolute atomic E-state index is 0.0915. The van der Waals surface area contributed by atoms with Crippen LogP contribution in [0.4, 0.5) is 18.9 Å². The number of nitrogens with one attached hydrogen (secondary N) is 2. The van der Waals surface area contributed by atoms with Gasteiger partial charge in [-0.15, -0.1) is 0 Å². The van der Waals surface area contributed by atoms with Gasteiger partial charge in [0.2, 0.25) is 0 Å². The molecule has 0 bridgehead atoms. The number of halogens is 3. The zero-order chi connectivity index (χ0) is 22.2. The lowest BCUT2D eigenvalue weighted by Crippen LogP contribution is -2.34. The highest BCUT2D eigenvalue weighted by molar-refractivity contribution is 7.92. The number of aryl methyl sites for hydroxylation is 1. The highest BCUT2D eigenvalue weighted by Crippen LogP contribution is 2.35. The van der Waals surface area contributed by atoms with Crippen LogP contribution < -0.4 is 14.8 Å². The van der Waals surface area contributed by atoms with Crippen molar-refractivity contribution in [3.63, 3.8) is 0 Å². The summed E-state index contributed by atoms with van der Waals surface area (Å²) in [7, 11) is -4.18. The third kappa shape index (κ3) is 4.64. The lowest BCUT2D eigenvalue weighted by molar-refractivity contribution is -0.137. The van der Waals surface area contributed by atoms with E-state index in [1.807, 2.05) is 0 Å². The molecule has 6 nitrogen and oxygen atoms in total. The molecule has 0 atom stereocenters. The van der Waals surface area contributed by atoms with Gasteiger partial charge in [0.05, 0.1) is 22.4 Å². The van der Waals surface area contributed by atoms with Gasteiger partial charge < -0.3 is 14.5 Å². The van der Waals surface area contributed by atoms with E-state index in [0.717, 1.165) is 38.1 Å². The fourth-order valence-electron chi connectivity index (χ4n) is 3.47. The van der Waals surface area contributed by atoms with Crippen molar-refractivity contribution in [3.05, 3.63) is 53.8 Å². The SMILES string of the molecule is Cc1ccc(C(F)(F)F)cc1NS(=O)(=O)c1cc(OC2CCNCC2)c2occc2c1. The summed E-state index contributed by atoms with van der Waals surface area (Å²) >= 11 is 0. The quantitative estimate of drug-likeness (QED) is 0.585. The van der Waals surface area contributed by atoms with Gasteiger partial charge in [-0.25, -0.2) is 8.42 Å². The molecule has 2 aromatic carbocycles. The largest absolute Gasteiger partial charge is 0.486 e. The second-order valence-corrected chi connectivity index (χ2v) is 9.14. The molecule has 1 saturated heterocycles. The molecule has 1 aliphatic rings. The van der Waals surface area contributed by atoms with Gasteiger partial charge in [0.1, 0.15) is 6.10 Å². The molecule has 2 heterocycles. The Morgan fingerprint density at radius 2 is 1.87 bits per heavy atom. The summed E-state index contributed by atoms with van der Waals surface area (Å²) in [6.45, 7) is 3.11. The summed E-state index contributed by atoms with van der Waals surface area (Å²) in [5, 5.41) is 3.75. The first-order chi connectivity index (χ1) is 14.6. The highest BCUT2D eigenvalue weighted by Gasteiger charge is 2.31. The Labute approximate surface area is 177 Å².